The second-order valence-corrected chi connectivity index (χ2v) is 6.92. The lowest BCUT2D eigenvalue weighted by atomic mass is 9.90. The fraction of sp³-hybridized carbons (Fsp3) is 0.438. The van der Waals surface area contributed by atoms with E-state index in [-0.39, 0.29) is 26.5 Å². The highest BCUT2D eigenvalue weighted by atomic mass is 35.5. The second-order valence-electron chi connectivity index (χ2n) is 5.72. The number of rotatable bonds is 5. The van der Waals surface area contributed by atoms with Crippen LogP contribution in [0.3, 0.4) is 0 Å². The Bertz CT molecular complexity index is 701. The molecule has 0 aliphatic carbocycles. The van der Waals surface area contributed by atoms with Crippen LogP contribution in [-0.4, -0.2) is 23.5 Å². The Morgan fingerprint density at radius 1 is 1.21 bits per heavy atom. The van der Waals surface area contributed by atoms with E-state index in [9.17, 15) is 14.9 Å². The Morgan fingerprint density at radius 3 is 2.25 bits per heavy atom. The SMILES string of the molecule is CC(C)[C@](C)(C#N)NC(=O)[C@@H](C)OC(=O)c1c(Cl)ccc(Cl)c1Cl. The molecule has 0 saturated heterocycles. The summed E-state index contributed by atoms with van der Waals surface area (Å²) in [5.74, 6) is -1.61. The number of hydrogen-bond donors (Lipinski definition) is 1. The Kier molecular flexibility index (Phi) is 6.91. The molecule has 24 heavy (non-hydrogen) atoms. The highest BCUT2D eigenvalue weighted by Crippen LogP contribution is 2.32. The zero-order valence-corrected chi connectivity index (χ0v) is 15.9. The fourth-order valence-electron chi connectivity index (χ4n) is 1.65. The van der Waals surface area contributed by atoms with E-state index in [0.29, 0.717) is 0 Å². The van der Waals surface area contributed by atoms with E-state index in [1.54, 1.807) is 20.8 Å². The number of halogens is 3. The molecule has 130 valence electrons. The maximum absolute atomic E-state index is 12.2. The van der Waals surface area contributed by atoms with Gasteiger partial charge in [-0.25, -0.2) is 4.79 Å². The molecular formula is C16H17Cl3N2O3. The maximum atomic E-state index is 12.2. The fourth-order valence-corrected chi connectivity index (χ4v) is 2.33. The van der Waals surface area contributed by atoms with Gasteiger partial charge in [0.05, 0.1) is 26.7 Å². The smallest absolute Gasteiger partial charge is 0.342 e. The maximum Gasteiger partial charge on any atom is 0.342 e. The van der Waals surface area contributed by atoms with Crippen molar-refractivity contribution >= 4 is 46.7 Å². The van der Waals surface area contributed by atoms with E-state index in [1.165, 1.54) is 19.1 Å². The van der Waals surface area contributed by atoms with Gasteiger partial charge < -0.3 is 10.1 Å². The molecule has 1 amide bonds. The molecule has 1 aromatic rings. The quantitative estimate of drug-likeness (QED) is 0.601. The monoisotopic (exact) mass is 390 g/mol. The molecule has 1 aromatic carbocycles. The van der Waals surface area contributed by atoms with Crippen LogP contribution in [0.25, 0.3) is 0 Å². The zero-order chi connectivity index (χ0) is 18.7. The number of amides is 1. The summed E-state index contributed by atoms with van der Waals surface area (Å²) in [6.07, 6.45) is -1.14. The number of benzene rings is 1. The lowest BCUT2D eigenvalue weighted by molar-refractivity contribution is -0.130. The molecule has 1 N–H and O–H groups in total. The minimum absolute atomic E-state index is 0.0502. The summed E-state index contributed by atoms with van der Waals surface area (Å²) < 4.78 is 5.10. The third kappa shape index (κ3) is 4.54. The van der Waals surface area contributed by atoms with Gasteiger partial charge in [0.2, 0.25) is 0 Å². The predicted molar refractivity (Wildman–Crippen MR) is 93.3 cm³/mol. The van der Waals surface area contributed by atoms with Gasteiger partial charge in [-0.1, -0.05) is 48.7 Å². The van der Waals surface area contributed by atoms with E-state index in [1.807, 2.05) is 6.07 Å². The minimum Gasteiger partial charge on any atom is -0.449 e. The first kappa shape index (κ1) is 20.6. The predicted octanol–water partition coefficient (Wildman–Crippen LogP) is 4.25. The molecule has 8 heteroatoms. The molecule has 0 heterocycles. The van der Waals surface area contributed by atoms with Crippen molar-refractivity contribution in [3.8, 4) is 6.07 Å². The molecule has 0 unspecified atom stereocenters. The Labute approximate surface area is 155 Å². The summed E-state index contributed by atoms with van der Waals surface area (Å²) in [5.41, 5.74) is -1.19. The topological polar surface area (TPSA) is 79.2 Å². The van der Waals surface area contributed by atoms with E-state index in [4.69, 9.17) is 39.5 Å². The summed E-state index contributed by atoms with van der Waals surface area (Å²) in [4.78, 5) is 24.4. The molecule has 0 aliphatic heterocycles. The van der Waals surface area contributed by atoms with Crippen LogP contribution in [0.2, 0.25) is 15.1 Å². The number of nitrogens with one attached hydrogen (secondary N) is 1. The third-order valence-electron chi connectivity index (χ3n) is 3.67. The molecule has 0 radical (unpaired) electrons. The summed E-state index contributed by atoms with van der Waals surface area (Å²) in [5, 5.41) is 11.9. The first-order valence-corrected chi connectivity index (χ1v) is 8.24. The molecule has 5 nitrogen and oxygen atoms in total. The number of nitrogens with zero attached hydrogens (tertiary/aromatic N) is 1. The van der Waals surface area contributed by atoms with Crippen molar-refractivity contribution in [1.29, 1.82) is 5.26 Å². The van der Waals surface area contributed by atoms with Crippen molar-refractivity contribution in [2.75, 3.05) is 0 Å². The highest BCUT2D eigenvalue weighted by molar-refractivity contribution is 6.46. The number of ether oxygens (including phenoxy) is 1. The zero-order valence-electron chi connectivity index (χ0n) is 13.6. The number of esters is 1. The number of hydrogen-bond acceptors (Lipinski definition) is 4. The van der Waals surface area contributed by atoms with Crippen molar-refractivity contribution in [3.63, 3.8) is 0 Å². The van der Waals surface area contributed by atoms with Crippen molar-refractivity contribution in [3.05, 3.63) is 32.8 Å². The molecule has 1 rings (SSSR count). The third-order valence-corrected chi connectivity index (χ3v) is 4.79. The number of carbonyl (C=O) groups is 2. The van der Waals surface area contributed by atoms with Crippen LogP contribution in [0.4, 0.5) is 0 Å². The highest BCUT2D eigenvalue weighted by Gasteiger charge is 2.33. The van der Waals surface area contributed by atoms with Gasteiger partial charge >= 0.3 is 5.97 Å². The van der Waals surface area contributed by atoms with Gasteiger partial charge in [-0.05, 0) is 31.9 Å². The van der Waals surface area contributed by atoms with Crippen LogP contribution in [0, 0.1) is 17.2 Å². The van der Waals surface area contributed by atoms with Crippen LogP contribution < -0.4 is 5.32 Å². The first-order chi connectivity index (χ1) is 11.0. The van der Waals surface area contributed by atoms with E-state index < -0.39 is 23.5 Å². The van der Waals surface area contributed by atoms with E-state index >= 15 is 0 Å². The minimum atomic E-state index is -1.14. The van der Waals surface area contributed by atoms with E-state index in [2.05, 4.69) is 5.32 Å². The van der Waals surface area contributed by atoms with Crippen LogP contribution in [0.5, 0.6) is 0 Å². The van der Waals surface area contributed by atoms with Crippen molar-refractivity contribution in [2.45, 2.75) is 39.3 Å². The first-order valence-electron chi connectivity index (χ1n) is 7.11. The van der Waals surface area contributed by atoms with Gasteiger partial charge in [0, 0.05) is 0 Å². The molecule has 0 fully saturated rings. The molecule has 0 aliphatic rings. The second kappa shape index (κ2) is 8.06. The Morgan fingerprint density at radius 2 is 1.75 bits per heavy atom. The molecular weight excluding hydrogens is 375 g/mol. The molecule has 0 spiro atoms. The van der Waals surface area contributed by atoms with Gasteiger partial charge in [0.1, 0.15) is 5.54 Å². The van der Waals surface area contributed by atoms with Crippen molar-refractivity contribution in [1.82, 2.24) is 5.32 Å². The average Bonchev–Trinajstić information content (AvgIpc) is 2.50. The largest absolute Gasteiger partial charge is 0.449 e. The van der Waals surface area contributed by atoms with Gasteiger partial charge in [-0.2, -0.15) is 5.26 Å². The Hall–Kier alpha value is -1.48. The summed E-state index contributed by atoms with van der Waals surface area (Å²) in [7, 11) is 0. The molecule has 2 atom stereocenters. The van der Waals surface area contributed by atoms with E-state index in [0.717, 1.165) is 0 Å². The average molecular weight is 392 g/mol. The van der Waals surface area contributed by atoms with Crippen molar-refractivity contribution in [2.24, 2.45) is 5.92 Å². The van der Waals surface area contributed by atoms with Gasteiger partial charge in [0.15, 0.2) is 6.10 Å². The molecule has 0 aromatic heterocycles. The molecule has 0 bridgehead atoms. The lowest BCUT2D eigenvalue weighted by Crippen LogP contribution is -2.52. The van der Waals surface area contributed by atoms with Gasteiger partial charge in [-0.3, -0.25) is 4.79 Å². The molecule has 0 saturated carbocycles. The standard InChI is InChI=1S/C16H17Cl3N2O3/c1-8(2)16(4,7-20)21-14(22)9(3)24-15(23)12-10(17)5-6-11(18)13(12)19/h5-6,8-9H,1-4H3,(H,21,22)/t9-,16+/m1/s1. The van der Waals surface area contributed by atoms with Crippen molar-refractivity contribution < 1.29 is 14.3 Å². The Balaban J connectivity index is 2.91. The summed E-state index contributed by atoms with van der Waals surface area (Å²) >= 11 is 17.8. The van der Waals surface area contributed by atoms with Crippen LogP contribution >= 0.6 is 34.8 Å². The number of nitriles is 1. The lowest BCUT2D eigenvalue weighted by Gasteiger charge is -2.28. The number of carbonyl (C=O) groups excluding carboxylic acids is 2. The van der Waals surface area contributed by atoms with Crippen LogP contribution in [0.15, 0.2) is 12.1 Å². The van der Waals surface area contributed by atoms with Gasteiger partial charge in [-0.15, -0.1) is 0 Å². The summed E-state index contributed by atoms with van der Waals surface area (Å²) in [6.45, 7) is 6.57. The van der Waals surface area contributed by atoms with Crippen LogP contribution in [0.1, 0.15) is 38.1 Å². The van der Waals surface area contributed by atoms with Crippen LogP contribution in [-0.2, 0) is 9.53 Å². The summed E-state index contributed by atoms with van der Waals surface area (Å²) in [6, 6.07) is 4.89. The van der Waals surface area contributed by atoms with Gasteiger partial charge in [0.25, 0.3) is 5.91 Å². The normalized spacial score (nSPS) is 14.5.